The maximum absolute atomic E-state index is 12.1. The Hall–Kier alpha value is -1.50. The van der Waals surface area contributed by atoms with Crippen molar-refractivity contribution in [3.8, 4) is 0 Å². The highest BCUT2D eigenvalue weighted by Gasteiger charge is 2.53. The summed E-state index contributed by atoms with van der Waals surface area (Å²) in [5, 5.41) is 12.8. The van der Waals surface area contributed by atoms with E-state index in [9.17, 15) is 14.8 Å². The van der Waals surface area contributed by atoms with Crippen molar-refractivity contribution in [1.29, 1.82) is 0 Å². The van der Waals surface area contributed by atoms with Gasteiger partial charge in [-0.1, -0.05) is 6.92 Å². The Labute approximate surface area is 107 Å². The summed E-state index contributed by atoms with van der Waals surface area (Å²) in [7, 11) is 3.01. The van der Waals surface area contributed by atoms with Crippen LogP contribution in [-0.4, -0.2) is 64.5 Å². The van der Waals surface area contributed by atoms with Crippen LogP contribution < -0.4 is 5.32 Å². The molecule has 0 radical (unpaired) electrons. The highest BCUT2D eigenvalue weighted by molar-refractivity contribution is 5.80. The van der Waals surface area contributed by atoms with E-state index in [0.717, 1.165) is 6.42 Å². The topological polar surface area (TPSA) is 76.1 Å². The number of carbonyl (C=O) groups is 2. The zero-order chi connectivity index (χ0) is 14.1. The molecule has 0 spiro atoms. The van der Waals surface area contributed by atoms with Gasteiger partial charge in [0.05, 0.1) is 5.54 Å². The minimum Gasteiger partial charge on any atom is -0.339 e. The van der Waals surface area contributed by atoms with E-state index in [-0.39, 0.29) is 6.03 Å². The molecule has 0 bridgehead atoms. The van der Waals surface area contributed by atoms with Crippen LogP contribution in [0.1, 0.15) is 27.2 Å². The van der Waals surface area contributed by atoms with Gasteiger partial charge in [-0.3, -0.25) is 5.21 Å². The molecule has 1 aliphatic heterocycles. The van der Waals surface area contributed by atoms with Gasteiger partial charge in [-0.15, -0.1) is 0 Å². The van der Waals surface area contributed by atoms with Crippen molar-refractivity contribution in [2.24, 2.45) is 0 Å². The molecule has 0 aromatic heterocycles. The zero-order valence-corrected chi connectivity index (χ0v) is 11.6. The fourth-order valence-corrected chi connectivity index (χ4v) is 2.45. The lowest BCUT2D eigenvalue weighted by molar-refractivity contribution is -0.129. The highest BCUT2D eigenvalue weighted by Crippen LogP contribution is 2.33. The smallest absolute Gasteiger partial charge is 0.339 e. The Balaban J connectivity index is 3.05. The van der Waals surface area contributed by atoms with Crippen molar-refractivity contribution in [2.75, 3.05) is 20.6 Å². The maximum Gasteiger partial charge on any atom is 0.342 e. The molecule has 4 amide bonds. The molecule has 0 unspecified atom stereocenters. The lowest BCUT2D eigenvalue weighted by atomic mass is 10.00. The van der Waals surface area contributed by atoms with E-state index in [4.69, 9.17) is 0 Å². The second-order valence-electron chi connectivity index (χ2n) is 4.97. The molecular weight excluding hydrogens is 236 g/mol. The molecule has 1 aliphatic rings. The van der Waals surface area contributed by atoms with Crippen LogP contribution in [0.5, 0.6) is 0 Å². The van der Waals surface area contributed by atoms with E-state index in [1.807, 2.05) is 20.8 Å². The fourth-order valence-electron chi connectivity index (χ4n) is 2.45. The number of rotatable bonds is 3. The van der Waals surface area contributed by atoms with Crippen molar-refractivity contribution in [3.05, 3.63) is 0 Å². The van der Waals surface area contributed by atoms with Crippen LogP contribution in [0.3, 0.4) is 0 Å². The van der Waals surface area contributed by atoms with Gasteiger partial charge in [-0.05, 0) is 20.3 Å². The normalized spacial score (nSPS) is 22.3. The summed E-state index contributed by atoms with van der Waals surface area (Å²) in [6.45, 7) is 6.24. The average Bonchev–Trinajstić information content (AvgIpc) is 2.48. The fraction of sp³-hybridized carbons (Fsp3) is 0.818. The van der Waals surface area contributed by atoms with Crippen LogP contribution in [0.15, 0.2) is 0 Å². The van der Waals surface area contributed by atoms with Gasteiger partial charge in [0.2, 0.25) is 0 Å². The first-order valence-electron chi connectivity index (χ1n) is 6.03. The number of urea groups is 2. The molecule has 1 fully saturated rings. The molecule has 2 N–H and O–H groups in total. The van der Waals surface area contributed by atoms with Crippen molar-refractivity contribution in [1.82, 2.24) is 20.2 Å². The third-order valence-corrected chi connectivity index (χ3v) is 3.33. The number of likely N-dealkylation sites (N-methyl/N-ethyl adjacent to an activating group) is 1. The molecule has 1 saturated heterocycles. The minimum absolute atomic E-state index is 0.185. The van der Waals surface area contributed by atoms with Crippen molar-refractivity contribution in [2.45, 2.75) is 38.9 Å². The lowest BCUT2D eigenvalue weighted by Crippen LogP contribution is -2.58. The first-order chi connectivity index (χ1) is 8.28. The lowest BCUT2D eigenvalue weighted by Gasteiger charge is -2.37. The number of hydroxylamine groups is 2. The monoisotopic (exact) mass is 258 g/mol. The summed E-state index contributed by atoms with van der Waals surface area (Å²) >= 11 is 0. The summed E-state index contributed by atoms with van der Waals surface area (Å²) in [6.07, 6.45) is 0.109. The molecule has 1 atom stereocenters. The van der Waals surface area contributed by atoms with Crippen molar-refractivity contribution >= 4 is 12.1 Å². The molecule has 7 nitrogen and oxygen atoms in total. The van der Waals surface area contributed by atoms with Gasteiger partial charge in [0.1, 0.15) is 0 Å². The van der Waals surface area contributed by atoms with Gasteiger partial charge in [0, 0.05) is 20.6 Å². The quantitative estimate of drug-likeness (QED) is 0.583. The van der Waals surface area contributed by atoms with Gasteiger partial charge in [0.25, 0.3) is 0 Å². The van der Waals surface area contributed by atoms with Gasteiger partial charge in [-0.25, -0.2) is 9.59 Å². The molecule has 104 valence electrons. The number of carbonyl (C=O) groups excluding carboxylic acids is 2. The van der Waals surface area contributed by atoms with Crippen LogP contribution in [0, 0.1) is 0 Å². The van der Waals surface area contributed by atoms with E-state index in [2.05, 4.69) is 5.32 Å². The predicted molar refractivity (Wildman–Crippen MR) is 66.1 cm³/mol. The Bertz CT molecular complexity index is 345. The van der Waals surface area contributed by atoms with E-state index in [0.29, 0.717) is 11.6 Å². The molecule has 0 aliphatic carbocycles. The third-order valence-electron chi connectivity index (χ3n) is 3.33. The maximum atomic E-state index is 12.1. The average molecular weight is 258 g/mol. The van der Waals surface area contributed by atoms with Gasteiger partial charge in [0.15, 0.2) is 6.17 Å². The van der Waals surface area contributed by atoms with Gasteiger partial charge in [-0.2, -0.15) is 5.06 Å². The second-order valence-corrected chi connectivity index (χ2v) is 4.97. The van der Waals surface area contributed by atoms with Crippen LogP contribution in [0.4, 0.5) is 9.59 Å². The SMILES string of the molecule is CCCN1C(=O)N(C)[C@H](N(O)C(=O)NC)C1(C)C. The van der Waals surface area contributed by atoms with E-state index < -0.39 is 17.7 Å². The second kappa shape index (κ2) is 5.01. The standard InChI is InChI=1S/C11H22N4O3/c1-6-7-14-10(17)13(5)8(11(14,2)3)15(18)9(16)12-4/h8,18H,6-7H2,1-5H3,(H,12,16)/t8-/m1/s1. The van der Waals surface area contributed by atoms with E-state index in [1.54, 1.807) is 11.9 Å². The van der Waals surface area contributed by atoms with Gasteiger partial charge >= 0.3 is 12.1 Å². The summed E-state index contributed by atoms with van der Waals surface area (Å²) in [4.78, 5) is 26.7. The molecule has 18 heavy (non-hydrogen) atoms. The van der Waals surface area contributed by atoms with Crippen LogP contribution in [0.25, 0.3) is 0 Å². The molecule has 0 aromatic carbocycles. The summed E-state index contributed by atoms with van der Waals surface area (Å²) in [5.74, 6) is 0. The highest BCUT2D eigenvalue weighted by atomic mass is 16.5. The summed E-state index contributed by atoms with van der Waals surface area (Å²) in [6, 6.07) is -0.819. The Morgan fingerprint density at radius 1 is 1.56 bits per heavy atom. The van der Waals surface area contributed by atoms with Crippen molar-refractivity contribution < 1.29 is 14.8 Å². The summed E-state index contributed by atoms with van der Waals surface area (Å²) < 4.78 is 0. The number of hydrogen-bond acceptors (Lipinski definition) is 3. The Morgan fingerprint density at radius 2 is 2.11 bits per heavy atom. The largest absolute Gasteiger partial charge is 0.342 e. The zero-order valence-electron chi connectivity index (χ0n) is 11.6. The van der Waals surface area contributed by atoms with Gasteiger partial charge < -0.3 is 15.1 Å². The Morgan fingerprint density at radius 3 is 2.56 bits per heavy atom. The van der Waals surface area contributed by atoms with Crippen LogP contribution in [-0.2, 0) is 0 Å². The first-order valence-corrected chi connectivity index (χ1v) is 6.03. The summed E-state index contributed by atoms with van der Waals surface area (Å²) in [5.41, 5.74) is -0.650. The van der Waals surface area contributed by atoms with Crippen LogP contribution in [0.2, 0.25) is 0 Å². The molecule has 1 rings (SSSR count). The Kier molecular flexibility index (Phi) is 4.05. The molecule has 1 heterocycles. The van der Waals surface area contributed by atoms with E-state index >= 15 is 0 Å². The first kappa shape index (κ1) is 14.6. The number of nitrogens with one attached hydrogen (secondary N) is 1. The predicted octanol–water partition coefficient (Wildman–Crippen LogP) is 0.899. The number of hydrogen-bond donors (Lipinski definition) is 2. The molecule has 0 aromatic rings. The minimum atomic E-state index is -0.712. The number of amides is 4. The molecule has 7 heteroatoms. The van der Waals surface area contributed by atoms with E-state index in [1.165, 1.54) is 11.9 Å². The molecule has 0 saturated carbocycles. The van der Waals surface area contributed by atoms with Crippen LogP contribution >= 0.6 is 0 Å². The molecular formula is C11H22N4O3. The van der Waals surface area contributed by atoms with Crippen molar-refractivity contribution in [3.63, 3.8) is 0 Å². The number of nitrogens with zero attached hydrogens (tertiary/aromatic N) is 3. The third kappa shape index (κ3) is 2.10.